The molecular weight excluding hydrogens is 434 g/mol. The lowest BCUT2D eigenvalue weighted by atomic mass is 9.69. The van der Waals surface area contributed by atoms with E-state index in [1.54, 1.807) is 12.1 Å². The fourth-order valence-electron chi connectivity index (χ4n) is 6.11. The van der Waals surface area contributed by atoms with Gasteiger partial charge in [0.25, 0.3) is 0 Å². The number of rotatable bonds is 3. The van der Waals surface area contributed by atoms with Gasteiger partial charge in [-0.2, -0.15) is 13.2 Å². The second-order valence-electron chi connectivity index (χ2n) is 9.94. The first-order valence-corrected chi connectivity index (χ1v) is 11.9. The number of alkyl halides is 3. The fraction of sp³-hybridized carbons (Fsp3) is 0.357. The molecule has 176 valence electrons. The Morgan fingerprint density at radius 1 is 0.853 bits per heavy atom. The molecule has 0 spiro atoms. The van der Waals surface area contributed by atoms with Crippen LogP contribution in [0.4, 0.5) is 13.2 Å². The van der Waals surface area contributed by atoms with Crippen LogP contribution in [-0.2, 0) is 16.4 Å². The van der Waals surface area contributed by atoms with Crippen molar-refractivity contribution in [2.45, 2.75) is 58.4 Å². The van der Waals surface area contributed by atoms with Gasteiger partial charge in [-0.05, 0) is 63.7 Å². The van der Waals surface area contributed by atoms with Crippen LogP contribution in [0.25, 0.3) is 0 Å². The summed E-state index contributed by atoms with van der Waals surface area (Å²) < 4.78 is 49.0. The van der Waals surface area contributed by atoms with Crippen molar-refractivity contribution in [2.24, 2.45) is 0 Å². The highest BCUT2D eigenvalue weighted by molar-refractivity contribution is 6.66. The molecular formula is C28H29BF3NO. The third kappa shape index (κ3) is 3.77. The van der Waals surface area contributed by atoms with Gasteiger partial charge >= 0.3 is 13.2 Å². The molecule has 2 nitrogen and oxygen atoms in total. The summed E-state index contributed by atoms with van der Waals surface area (Å²) in [6, 6.07) is 18.6. The number of fused-ring (bicyclic) bond motifs is 1. The molecule has 2 aliphatic heterocycles. The standard InChI is InChI=1S/C28H29BF3NO/c1-18-12-19(2)15-22(14-18)27(23-16-20(3)13-21(4)17-23)26-10-7-11-33(26)29(34-27)25-9-6-5-8-24(25)28(30,31)32/h5-6,8-9,12-17,26H,7,10-11H2,1-4H3. The molecule has 0 N–H and O–H groups in total. The summed E-state index contributed by atoms with van der Waals surface area (Å²) in [4.78, 5) is 2.15. The Balaban J connectivity index is 1.77. The topological polar surface area (TPSA) is 12.5 Å². The molecule has 5 rings (SSSR count). The lowest BCUT2D eigenvalue weighted by molar-refractivity contribution is -0.136. The summed E-state index contributed by atoms with van der Waals surface area (Å²) in [5.41, 5.74) is 5.21. The van der Waals surface area contributed by atoms with Crippen molar-refractivity contribution >= 4 is 12.5 Å². The van der Waals surface area contributed by atoms with Crippen LogP contribution in [0.2, 0.25) is 0 Å². The Hall–Kier alpha value is -2.57. The van der Waals surface area contributed by atoms with Gasteiger partial charge in [0.05, 0.1) is 5.56 Å². The minimum atomic E-state index is -4.44. The van der Waals surface area contributed by atoms with E-state index in [-0.39, 0.29) is 11.5 Å². The van der Waals surface area contributed by atoms with Crippen LogP contribution in [0.15, 0.2) is 60.7 Å². The van der Waals surface area contributed by atoms with Gasteiger partial charge in [-0.1, -0.05) is 82.9 Å². The van der Waals surface area contributed by atoms with Gasteiger partial charge in [0.1, 0.15) is 5.60 Å². The van der Waals surface area contributed by atoms with Crippen LogP contribution in [0.5, 0.6) is 0 Å². The average Bonchev–Trinajstić information content (AvgIpc) is 3.34. The van der Waals surface area contributed by atoms with E-state index in [0.717, 1.165) is 52.3 Å². The number of aryl methyl sites for hydroxylation is 4. The summed E-state index contributed by atoms with van der Waals surface area (Å²) in [6.45, 7) is 8.94. The van der Waals surface area contributed by atoms with Crippen molar-refractivity contribution in [3.8, 4) is 0 Å². The zero-order valence-corrected chi connectivity index (χ0v) is 20.0. The van der Waals surface area contributed by atoms with E-state index in [1.807, 2.05) is 0 Å². The van der Waals surface area contributed by atoms with Crippen molar-refractivity contribution in [1.29, 1.82) is 0 Å². The molecule has 3 aromatic carbocycles. The largest absolute Gasteiger partial charge is 0.420 e. The van der Waals surface area contributed by atoms with Gasteiger partial charge in [0, 0.05) is 6.04 Å². The molecule has 0 radical (unpaired) electrons. The summed E-state index contributed by atoms with van der Waals surface area (Å²) in [6.07, 6.45) is -2.65. The van der Waals surface area contributed by atoms with Crippen molar-refractivity contribution in [2.75, 3.05) is 6.54 Å². The second-order valence-corrected chi connectivity index (χ2v) is 9.94. The first-order chi connectivity index (χ1) is 16.1. The molecule has 1 atom stereocenters. The van der Waals surface area contributed by atoms with Crippen molar-refractivity contribution in [3.63, 3.8) is 0 Å². The van der Waals surface area contributed by atoms with Crippen molar-refractivity contribution in [1.82, 2.24) is 4.81 Å². The van der Waals surface area contributed by atoms with Gasteiger partial charge in [-0.3, -0.25) is 0 Å². The van der Waals surface area contributed by atoms with E-state index in [2.05, 4.69) is 68.9 Å². The molecule has 3 aromatic rings. The minimum absolute atomic E-state index is 0.0545. The molecule has 2 saturated heterocycles. The van der Waals surface area contributed by atoms with Crippen LogP contribution < -0.4 is 5.46 Å². The minimum Gasteiger partial charge on any atom is -0.402 e. The lowest BCUT2D eigenvalue weighted by Gasteiger charge is -2.37. The smallest absolute Gasteiger partial charge is 0.402 e. The highest BCUT2D eigenvalue weighted by Crippen LogP contribution is 2.50. The Bertz CT molecular complexity index is 1150. The fourth-order valence-corrected chi connectivity index (χ4v) is 6.11. The number of halogens is 3. The summed E-state index contributed by atoms with van der Waals surface area (Å²) in [5, 5.41) is 0. The van der Waals surface area contributed by atoms with Crippen LogP contribution >= 0.6 is 0 Å². The van der Waals surface area contributed by atoms with Gasteiger partial charge < -0.3 is 9.47 Å². The molecule has 34 heavy (non-hydrogen) atoms. The van der Waals surface area contributed by atoms with E-state index < -0.39 is 24.4 Å². The van der Waals surface area contributed by atoms with Crippen molar-refractivity contribution in [3.05, 3.63) is 99.6 Å². The molecule has 2 aliphatic rings. The second kappa shape index (κ2) is 8.28. The molecule has 0 saturated carbocycles. The zero-order valence-electron chi connectivity index (χ0n) is 20.0. The van der Waals surface area contributed by atoms with Gasteiger partial charge in [-0.25, -0.2) is 0 Å². The first-order valence-electron chi connectivity index (χ1n) is 11.9. The predicted octanol–water partition coefficient (Wildman–Crippen LogP) is 6.07. The van der Waals surface area contributed by atoms with Crippen LogP contribution in [0, 0.1) is 27.7 Å². The van der Waals surface area contributed by atoms with E-state index in [4.69, 9.17) is 4.65 Å². The molecule has 6 heteroatoms. The number of nitrogens with zero attached hydrogens (tertiary/aromatic N) is 1. The van der Waals surface area contributed by atoms with E-state index in [0.29, 0.717) is 6.54 Å². The Morgan fingerprint density at radius 3 is 1.91 bits per heavy atom. The molecule has 2 fully saturated rings. The first kappa shape index (κ1) is 23.2. The third-order valence-electron chi connectivity index (χ3n) is 7.20. The van der Waals surface area contributed by atoms with Gasteiger partial charge in [-0.15, -0.1) is 0 Å². The summed E-state index contributed by atoms with van der Waals surface area (Å²) in [5.74, 6) is 0. The normalized spacial score (nSPS) is 20.1. The Kier molecular flexibility index (Phi) is 5.65. The molecule has 0 aliphatic carbocycles. The maximum Gasteiger partial charge on any atom is 0.420 e. The SMILES string of the molecule is Cc1cc(C)cc(C2(c3cc(C)cc(C)c3)OB(c3ccccc3C(F)(F)F)N3CCCC32)c1. The molecule has 0 aromatic heterocycles. The van der Waals surface area contributed by atoms with Crippen molar-refractivity contribution < 1.29 is 17.8 Å². The van der Waals surface area contributed by atoms with Gasteiger partial charge in [0.15, 0.2) is 0 Å². The van der Waals surface area contributed by atoms with Crippen LogP contribution in [0.1, 0.15) is 51.8 Å². The highest BCUT2D eigenvalue weighted by atomic mass is 19.4. The van der Waals surface area contributed by atoms with Crippen LogP contribution in [0.3, 0.4) is 0 Å². The molecule has 0 bridgehead atoms. The monoisotopic (exact) mass is 463 g/mol. The zero-order chi connectivity index (χ0) is 24.3. The highest BCUT2D eigenvalue weighted by Gasteiger charge is 2.60. The van der Waals surface area contributed by atoms with E-state index in [9.17, 15) is 13.2 Å². The summed E-state index contributed by atoms with van der Waals surface area (Å²) in [7, 11) is -0.771. The predicted molar refractivity (Wildman–Crippen MR) is 130 cm³/mol. The molecule has 0 amide bonds. The average molecular weight is 463 g/mol. The molecule has 1 unspecified atom stereocenters. The lowest BCUT2D eigenvalue weighted by Crippen LogP contribution is -2.48. The number of hydrogen-bond acceptors (Lipinski definition) is 2. The summed E-state index contributed by atoms with van der Waals surface area (Å²) >= 11 is 0. The third-order valence-corrected chi connectivity index (χ3v) is 7.20. The maximum atomic E-state index is 14.0. The Morgan fingerprint density at radius 2 is 1.38 bits per heavy atom. The number of hydrogen-bond donors (Lipinski definition) is 0. The van der Waals surface area contributed by atoms with Gasteiger partial charge in [0.2, 0.25) is 0 Å². The van der Waals surface area contributed by atoms with E-state index in [1.165, 1.54) is 6.07 Å². The molecule has 2 heterocycles. The van der Waals surface area contributed by atoms with Crippen LogP contribution in [-0.4, -0.2) is 24.4 Å². The maximum absolute atomic E-state index is 14.0. The quantitative estimate of drug-likeness (QED) is 0.437. The number of benzene rings is 3. The van der Waals surface area contributed by atoms with E-state index >= 15 is 0 Å². The Labute approximate surface area is 199 Å².